The summed E-state index contributed by atoms with van der Waals surface area (Å²) in [5, 5.41) is 8.40. The van der Waals surface area contributed by atoms with E-state index < -0.39 is 0 Å². The fraction of sp³-hybridized carbons (Fsp3) is 0.167. The van der Waals surface area contributed by atoms with Crippen molar-refractivity contribution >= 4 is 50.3 Å². The highest BCUT2D eigenvalue weighted by Gasteiger charge is 2.11. The molecule has 0 saturated heterocycles. The number of fused-ring (bicyclic) bond motifs is 1. The first-order valence-corrected chi connectivity index (χ1v) is 7.62. The molecule has 0 bridgehead atoms. The van der Waals surface area contributed by atoms with Gasteiger partial charge in [0.25, 0.3) is 0 Å². The number of hydrogen-bond acceptors (Lipinski definition) is 7. The smallest absolute Gasteiger partial charge is 0.240 e. The SMILES string of the molecule is CCc1cc2c(Nc3ccsc3)nc(NN)nc2s1. The lowest BCUT2D eigenvalue weighted by Crippen LogP contribution is -2.11. The fourth-order valence-electron chi connectivity index (χ4n) is 1.78. The zero-order chi connectivity index (χ0) is 13.2. The van der Waals surface area contributed by atoms with E-state index in [1.165, 1.54) is 4.88 Å². The van der Waals surface area contributed by atoms with Gasteiger partial charge in [0.05, 0.1) is 11.1 Å². The molecule has 0 aromatic carbocycles. The molecule has 0 fully saturated rings. The van der Waals surface area contributed by atoms with Crippen molar-refractivity contribution in [1.29, 1.82) is 0 Å². The molecule has 0 saturated carbocycles. The molecule has 0 radical (unpaired) electrons. The van der Waals surface area contributed by atoms with Crippen LogP contribution in [0.3, 0.4) is 0 Å². The van der Waals surface area contributed by atoms with Crippen molar-refractivity contribution in [3.63, 3.8) is 0 Å². The molecular formula is C12H13N5S2. The average Bonchev–Trinajstić information content (AvgIpc) is 3.06. The van der Waals surface area contributed by atoms with Crippen LogP contribution in [0.2, 0.25) is 0 Å². The molecule has 0 aliphatic carbocycles. The maximum absolute atomic E-state index is 5.43. The van der Waals surface area contributed by atoms with Crippen LogP contribution in [0.5, 0.6) is 0 Å². The number of aromatic nitrogens is 2. The first kappa shape index (κ1) is 12.3. The van der Waals surface area contributed by atoms with Gasteiger partial charge in [0.1, 0.15) is 10.6 Å². The molecule has 19 heavy (non-hydrogen) atoms. The lowest BCUT2D eigenvalue weighted by molar-refractivity contribution is 1.16. The highest BCUT2D eigenvalue weighted by atomic mass is 32.1. The van der Waals surface area contributed by atoms with Crippen LogP contribution in [-0.4, -0.2) is 9.97 Å². The first-order chi connectivity index (χ1) is 9.30. The molecule has 0 spiro atoms. The highest BCUT2D eigenvalue weighted by Crippen LogP contribution is 2.32. The van der Waals surface area contributed by atoms with Gasteiger partial charge in [-0.05, 0) is 23.9 Å². The van der Waals surface area contributed by atoms with Crippen molar-refractivity contribution in [2.45, 2.75) is 13.3 Å². The second kappa shape index (κ2) is 5.12. The summed E-state index contributed by atoms with van der Waals surface area (Å²) in [7, 11) is 0. The third-order valence-electron chi connectivity index (χ3n) is 2.71. The van der Waals surface area contributed by atoms with Gasteiger partial charge in [-0.25, -0.2) is 10.8 Å². The first-order valence-electron chi connectivity index (χ1n) is 5.86. The Kier molecular flexibility index (Phi) is 3.33. The zero-order valence-corrected chi connectivity index (χ0v) is 11.9. The van der Waals surface area contributed by atoms with Crippen LogP contribution in [0, 0.1) is 0 Å². The number of nitrogens with zero attached hydrogens (tertiary/aromatic N) is 2. The molecule has 3 aromatic heterocycles. The van der Waals surface area contributed by atoms with Crippen molar-refractivity contribution in [3.8, 4) is 0 Å². The van der Waals surface area contributed by atoms with Gasteiger partial charge in [0.2, 0.25) is 5.95 Å². The number of thiophene rings is 2. The molecule has 0 aliphatic heterocycles. The molecule has 4 N–H and O–H groups in total. The Balaban J connectivity index is 2.11. The number of hydrazine groups is 1. The summed E-state index contributed by atoms with van der Waals surface area (Å²) < 4.78 is 0. The molecule has 0 aliphatic rings. The Morgan fingerprint density at radius 3 is 2.95 bits per heavy atom. The van der Waals surface area contributed by atoms with Crippen LogP contribution in [0.4, 0.5) is 17.5 Å². The van der Waals surface area contributed by atoms with Gasteiger partial charge < -0.3 is 5.32 Å². The Labute approximate surface area is 118 Å². The maximum Gasteiger partial charge on any atom is 0.240 e. The van der Waals surface area contributed by atoms with E-state index in [0.29, 0.717) is 5.95 Å². The molecule has 7 heteroatoms. The maximum atomic E-state index is 5.43. The molecule has 5 nitrogen and oxygen atoms in total. The highest BCUT2D eigenvalue weighted by molar-refractivity contribution is 7.18. The van der Waals surface area contributed by atoms with Crippen molar-refractivity contribution in [3.05, 3.63) is 27.8 Å². The lowest BCUT2D eigenvalue weighted by atomic mass is 10.3. The number of aryl methyl sites for hydroxylation is 1. The predicted molar refractivity (Wildman–Crippen MR) is 82.2 cm³/mol. The van der Waals surface area contributed by atoms with E-state index in [0.717, 1.165) is 28.1 Å². The van der Waals surface area contributed by atoms with Crippen LogP contribution < -0.4 is 16.6 Å². The topological polar surface area (TPSA) is 75.9 Å². The van der Waals surface area contributed by atoms with Crippen molar-refractivity contribution in [2.75, 3.05) is 10.7 Å². The van der Waals surface area contributed by atoms with Gasteiger partial charge in [0, 0.05) is 10.3 Å². The number of hydrogen-bond donors (Lipinski definition) is 3. The van der Waals surface area contributed by atoms with Crippen LogP contribution >= 0.6 is 22.7 Å². The van der Waals surface area contributed by atoms with Crippen molar-refractivity contribution in [1.82, 2.24) is 9.97 Å². The third kappa shape index (κ3) is 2.40. The minimum atomic E-state index is 0.426. The van der Waals surface area contributed by atoms with Crippen LogP contribution in [-0.2, 0) is 6.42 Å². The minimum absolute atomic E-state index is 0.426. The molecule has 3 rings (SSSR count). The zero-order valence-electron chi connectivity index (χ0n) is 10.3. The average molecular weight is 291 g/mol. The molecule has 0 unspecified atom stereocenters. The molecular weight excluding hydrogens is 278 g/mol. The Bertz CT molecular complexity index is 690. The quantitative estimate of drug-likeness (QED) is 0.507. The van der Waals surface area contributed by atoms with E-state index in [9.17, 15) is 0 Å². The summed E-state index contributed by atoms with van der Waals surface area (Å²) in [6.07, 6.45) is 0.990. The van der Waals surface area contributed by atoms with E-state index in [-0.39, 0.29) is 0 Å². The molecule has 3 heterocycles. The van der Waals surface area contributed by atoms with E-state index in [2.05, 4.69) is 33.7 Å². The molecule has 0 amide bonds. The van der Waals surface area contributed by atoms with Gasteiger partial charge >= 0.3 is 0 Å². The number of rotatable bonds is 4. The number of nitrogens with two attached hydrogens (primary N) is 1. The van der Waals surface area contributed by atoms with E-state index in [1.54, 1.807) is 22.7 Å². The van der Waals surface area contributed by atoms with Crippen molar-refractivity contribution < 1.29 is 0 Å². The van der Waals surface area contributed by atoms with E-state index in [1.807, 2.05) is 16.8 Å². The largest absolute Gasteiger partial charge is 0.339 e. The lowest BCUT2D eigenvalue weighted by Gasteiger charge is -2.06. The van der Waals surface area contributed by atoms with E-state index in [4.69, 9.17) is 5.84 Å². The Morgan fingerprint density at radius 2 is 2.26 bits per heavy atom. The van der Waals surface area contributed by atoms with Gasteiger partial charge in [0.15, 0.2) is 0 Å². The van der Waals surface area contributed by atoms with Gasteiger partial charge in [-0.2, -0.15) is 16.3 Å². The normalized spacial score (nSPS) is 10.8. The van der Waals surface area contributed by atoms with Gasteiger partial charge in [-0.15, -0.1) is 11.3 Å². The molecule has 98 valence electrons. The minimum Gasteiger partial charge on any atom is -0.339 e. The molecule has 3 aromatic rings. The van der Waals surface area contributed by atoms with Gasteiger partial charge in [-0.1, -0.05) is 6.92 Å². The summed E-state index contributed by atoms with van der Waals surface area (Å²) in [4.78, 5) is 11.0. The van der Waals surface area contributed by atoms with Crippen LogP contribution in [0.15, 0.2) is 22.9 Å². The standard InChI is InChI=1S/C12H13N5S2/c1-2-8-5-9-10(14-7-3-4-18-6-7)15-12(17-13)16-11(9)19-8/h3-6H,2,13H2,1H3,(H2,14,15,16,17). The third-order valence-corrected chi connectivity index (χ3v) is 4.56. The van der Waals surface area contributed by atoms with Gasteiger partial charge in [-0.3, -0.25) is 5.43 Å². The summed E-state index contributed by atoms with van der Waals surface area (Å²) in [6.45, 7) is 2.13. The summed E-state index contributed by atoms with van der Waals surface area (Å²) in [5.74, 6) is 6.64. The second-order valence-corrected chi connectivity index (χ2v) is 5.86. The van der Waals surface area contributed by atoms with Crippen molar-refractivity contribution in [2.24, 2.45) is 5.84 Å². The number of nitrogens with one attached hydrogen (secondary N) is 2. The predicted octanol–water partition coefficient (Wildman–Crippen LogP) is 3.34. The molecule has 0 atom stereocenters. The number of anilines is 3. The second-order valence-electron chi connectivity index (χ2n) is 3.96. The number of nitrogen functional groups attached to an aromatic ring is 1. The summed E-state index contributed by atoms with van der Waals surface area (Å²) in [6, 6.07) is 4.15. The van der Waals surface area contributed by atoms with E-state index >= 15 is 0 Å². The fourth-order valence-corrected chi connectivity index (χ4v) is 3.33. The Hall–Kier alpha value is -1.70. The van der Waals surface area contributed by atoms with Crippen LogP contribution in [0.25, 0.3) is 10.2 Å². The summed E-state index contributed by atoms with van der Waals surface area (Å²) >= 11 is 3.31. The monoisotopic (exact) mass is 291 g/mol. The Morgan fingerprint density at radius 1 is 1.37 bits per heavy atom. The van der Waals surface area contributed by atoms with Crippen LogP contribution in [0.1, 0.15) is 11.8 Å². The summed E-state index contributed by atoms with van der Waals surface area (Å²) in [5.41, 5.74) is 3.54.